The van der Waals surface area contributed by atoms with E-state index in [1.165, 1.54) is 10.8 Å². The summed E-state index contributed by atoms with van der Waals surface area (Å²) in [6.45, 7) is 7.33. The average Bonchev–Trinajstić information content (AvgIpc) is 2.93. The number of nitrogens with zero attached hydrogens (tertiary/aromatic N) is 3. The van der Waals surface area contributed by atoms with E-state index in [1.807, 2.05) is 27.7 Å². The van der Waals surface area contributed by atoms with Gasteiger partial charge in [0.05, 0.1) is 17.3 Å². The van der Waals surface area contributed by atoms with Gasteiger partial charge in [0.15, 0.2) is 5.82 Å². The fraction of sp³-hybridized carbons (Fsp3) is 0.310. The molecule has 0 saturated carbocycles. The first-order valence-electron chi connectivity index (χ1n) is 13.5. The van der Waals surface area contributed by atoms with Gasteiger partial charge in [0, 0.05) is 35.4 Å². The molecule has 0 radical (unpaired) electrons. The number of fused-ring (bicyclic) bond motifs is 1. The predicted octanol–water partition coefficient (Wildman–Crippen LogP) is 2.24. The van der Waals surface area contributed by atoms with Crippen LogP contribution in [0.5, 0.6) is 0 Å². The van der Waals surface area contributed by atoms with E-state index in [4.69, 9.17) is 15.9 Å². The van der Waals surface area contributed by atoms with Crippen molar-refractivity contribution in [1.29, 1.82) is 0 Å². The first-order chi connectivity index (χ1) is 19.9. The second-order valence-corrected chi connectivity index (χ2v) is 10.3. The Kier molecular flexibility index (Phi) is 8.89. The van der Waals surface area contributed by atoms with Crippen LogP contribution in [0.2, 0.25) is 0 Å². The predicted molar refractivity (Wildman–Crippen MR) is 161 cm³/mol. The van der Waals surface area contributed by atoms with E-state index in [2.05, 4.69) is 25.9 Å². The minimum Gasteiger partial charge on any atom is -0.408 e. The second-order valence-electron chi connectivity index (χ2n) is 10.3. The largest absolute Gasteiger partial charge is 0.441 e. The van der Waals surface area contributed by atoms with Crippen molar-refractivity contribution in [3.05, 3.63) is 74.6 Å². The van der Waals surface area contributed by atoms with Crippen LogP contribution in [0.1, 0.15) is 50.0 Å². The van der Waals surface area contributed by atoms with Crippen molar-refractivity contribution in [2.24, 2.45) is 0 Å². The van der Waals surface area contributed by atoms with E-state index in [0.717, 1.165) is 6.42 Å². The number of carbonyl (C=O) groups excluding carboxylic acids is 2. The Balaban J connectivity index is 1.64. The molecule has 1 atom stereocenters. The Hall–Kier alpha value is -5.20. The van der Waals surface area contributed by atoms with Crippen LogP contribution in [0.4, 0.5) is 17.3 Å². The minimum absolute atomic E-state index is 0.0417. The van der Waals surface area contributed by atoms with Crippen molar-refractivity contribution >= 4 is 40.1 Å². The highest BCUT2D eigenvalue weighted by atomic mass is 16.4. The number of carbonyl (C=O) groups is 2. The lowest BCUT2D eigenvalue weighted by Gasteiger charge is -2.17. The van der Waals surface area contributed by atoms with Gasteiger partial charge in [-0.1, -0.05) is 13.0 Å². The lowest BCUT2D eigenvalue weighted by atomic mass is 10.1. The molecule has 0 aliphatic rings. The summed E-state index contributed by atoms with van der Waals surface area (Å²) >= 11 is 0. The number of amides is 2. The number of nitrogens with one attached hydrogen (secondary N) is 3. The van der Waals surface area contributed by atoms with E-state index in [-0.39, 0.29) is 48.3 Å². The van der Waals surface area contributed by atoms with Crippen molar-refractivity contribution in [3.63, 3.8) is 0 Å². The number of hydrogen-bond acceptors (Lipinski definition) is 10. The maximum atomic E-state index is 13.5. The molecule has 220 valence electrons. The fourth-order valence-electron chi connectivity index (χ4n) is 4.24. The summed E-state index contributed by atoms with van der Waals surface area (Å²) in [6, 6.07) is 9.59. The van der Waals surface area contributed by atoms with Crippen molar-refractivity contribution in [1.82, 2.24) is 25.2 Å². The van der Waals surface area contributed by atoms with Gasteiger partial charge < -0.3 is 31.8 Å². The van der Waals surface area contributed by atoms with Crippen LogP contribution in [0.15, 0.2) is 56.6 Å². The zero-order chi connectivity index (χ0) is 30.6. The maximum absolute atomic E-state index is 13.5. The Bertz CT molecular complexity index is 1760. The van der Waals surface area contributed by atoms with Crippen molar-refractivity contribution in [2.45, 2.75) is 59.3 Å². The van der Waals surface area contributed by atoms with Gasteiger partial charge in [-0.15, -0.1) is 0 Å². The molecule has 4 rings (SSSR count). The van der Waals surface area contributed by atoms with Gasteiger partial charge in [-0.25, -0.2) is 9.78 Å². The third-order valence-electron chi connectivity index (χ3n) is 6.51. The monoisotopic (exact) mass is 574 g/mol. The molecule has 2 amide bonds. The van der Waals surface area contributed by atoms with E-state index in [0.29, 0.717) is 33.5 Å². The molecule has 42 heavy (non-hydrogen) atoms. The van der Waals surface area contributed by atoms with Gasteiger partial charge in [0.25, 0.3) is 11.5 Å². The van der Waals surface area contributed by atoms with E-state index in [9.17, 15) is 19.2 Å². The lowest BCUT2D eigenvalue weighted by molar-refractivity contribution is -0.121. The van der Waals surface area contributed by atoms with Crippen molar-refractivity contribution in [2.75, 3.05) is 16.8 Å². The van der Waals surface area contributed by atoms with Gasteiger partial charge >= 0.3 is 5.76 Å². The molecule has 1 unspecified atom stereocenters. The highest BCUT2D eigenvalue weighted by molar-refractivity contribution is 5.96. The molecule has 13 heteroatoms. The summed E-state index contributed by atoms with van der Waals surface area (Å²) in [4.78, 5) is 58.9. The standard InChI is InChI=1S/C29H34N8O5/c1-5-16(4)35-27(39)19-9-18(10-20(30)11-19)22-13-33-26(34-15(2)3)28(40)37(22)14-24(38)32-12-17-6-7-21-23(8-17)42-29(41)36-25(21)31/h6-11,13,15-16H,5,12,14,30H2,1-4H3,(H,32,38)(H,33,34)(H,35,39)(H2,31,36,41). The molecule has 7 N–H and O–H groups in total. The Morgan fingerprint density at radius 1 is 1.07 bits per heavy atom. The van der Waals surface area contributed by atoms with Gasteiger partial charge in [-0.3, -0.25) is 19.0 Å². The molecular weight excluding hydrogens is 540 g/mol. The average molecular weight is 575 g/mol. The maximum Gasteiger partial charge on any atom is 0.441 e. The molecule has 2 heterocycles. The number of rotatable bonds is 10. The zero-order valence-corrected chi connectivity index (χ0v) is 23.9. The summed E-state index contributed by atoms with van der Waals surface area (Å²) in [7, 11) is 0. The quantitative estimate of drug-likeness (QED) is 0.175. The molecule has 0 bridgehead atoms. The molecule has 0 saturated heterocycles. The highest BCUT2D eigenvalue weighted by Crippen LogP contribution is 2.24. The summed E-state index contributed by atoms with van der Waals surface area (Å²) in [5, 5.41) is 9.16. The molecule has 0 aliphatic carbocycles. The normalized spacial score (nSPS) is 11.8. The minimum atomic E-state index is -0.821. The molecule has 2 aromatic heterocycles. The molecule has 0 aliphatic heterocycles. The van der Waals surface area contributed by atoms with Gasteiger partial charge in [0.2, 0.25) is 5.91 Å². The molecular formula is C29H34N8O5. The first kappa shape index (κ1) is 29.8. The van der Waals surface area contributed by atoms with E-state index >= 15 is 0 Å². The summed E-state index contributed by atoms with van der Waals surface area (Å²) < 4.78 is 6.40. The fourth-order valence-corrected chi connectivity index (χ4v) is 4.24. The number of nitrogens with two attached hydrogens (primary N) is 2. The van der Waals surface area contributed by atoms with E-state index in [1.54, 1.807) is 36.4 Å². The van der Waals surface area contributed by atoms with Crippen molar-refractivity contribution < 1.29 is 14.0 Å². The smallest absolute Gasteiger partial charge is 0.408 e. The number of nitrogen functional groups attached to an aromatic ring is 2. The summed E-state index contributed by atoms with van der Waals surface area (Å²) in [5.41, 5.74) is 13.7. The van der Waals surface area contributed by atoms with Gasteiger partial charge in [0.1, 0.15) is 17.9 Å². The third-order valence-corrected chi connectivity index (χ3v) is 6.51. The van der Waals surface area contributed by atoms with Crippen LogP contribution >= 0.6 is 0 Å². The summed E-state index contributed by atoms with van der Waals surface area (Å²) in [5.74, 6) is -1.46. The van der Waals surface area contributed by atoms with Gasteiger partial charge in [-0.2, -0.15) is 4.98 Å². The highest BCUT2D eigenvalue weighted by Gasteiger charge is 2.18. The molecule has 0 spiro atoms. The van der Waals surface area contributed by atoms with Crippen LogP contribution in [0.3, 0.4) is 0 Å². The van der Waals surface area contributed by atoms with Crippen molar-refractivity contribution in [3.8, 4) is 11.3 Å². The first-order valence-corrected chi connectivity index (χ1v) is 13.5. The number of aromatic nitrogens is 3. The number of hydrogen-bond donors (Lipinski definition) is 5. The zero-order valence-electron chi connectivity index (χ0n) is 23.9. The van der Waals surface area contributed by atoms with Crippen LogP contribution in [-0.2, 0) is 17.9 Å². The Labute approximate surface area is 241 Å². The number of anilines is 3. The molecule has 4 aromatic rings. The molecule has 0 fully saturated rings. The second kappa shape index (κ2) is 12.5. The SMILES string of the molecule is CCC(C)NC(=O)c1cc(N)cc(-c2cnc(NC(C)C)c(=O)n2CC(=O)NCc2ccc3c(N)nc(=O)oc3c2)c1. The van der Waals surface area contributed by atoms with E-state index < -0.39 is 17.2 Å². The van der Waals surface area contributed by atoms with Crippen LogP contribution in [0.25, 0.3) is 22.2 Å². The lowest BCUT2D eigenvalue weighted by Crippen LogP contribution is -2.35. The molecule has 13 nitrogen and oxygen atoms in total. The molecule has 2 aromatic carbocycles. The summed E-state index contributed by atoms with van der Waals surface area (Å²) in [6.07, 6.45) is 2.22. The Morgan fingerprint density at radius 2 is 1.83 bits per heavy atom. The van der Waals surface area contributed by atoms with Crippen LogP contribution < -0.4 is 38.7 Å². The van der Waals surface area contributed by atoms with Gasteiger partial charge in [-0.05, 0) is 63.1 Å². The number of benzene rings is 2. The topological polar surface area (TPSA) is 200 Å². The van der Waals surface area contributed by atoms with Crippen LogP contribution in [0, 0.1) is 0 Å². The Morgan fingerprint density at radius 3 is 2.55 bits per heavy atom. The third kappa shape index (κ3) is 6.92. The van der Waals surface area contributed by atoms with Crippen LogP contribution in [-0.4, -0.2) is 38.4 Å².